The molecule has 1 aromatic rings. The van der Waals surface area contributed by atoms with Crippen LogP contribution in [0.25, 0.3) is 0 Å². The Hall–Kier alpha value is -1.30. The normalized spacial score (nSPS) is 30.8. The zero-order valence-electron chi connectivity index (χ0n) is 11.8. The van der Waals surface area contributed by atoms with Crippen molar-refractivity contribution in [2.45, 2.75) is 38.1 Å². The zero-order chi connectivity index (χ0) is 13.4. The minimum Gasteiger partial charge on any atom is -0.268 e. The number of hydrogen-bond acceptors (Lipinski definition) is 2. The van der Waals surface area contributed by atoms with E-state index in [9.17, 15) is 0 Å². The van der Waals surface area contributed by atoms with Crippen molar-refractivity contribution in [3.05, 3.63) is 18.5 Å². The molecule has 0 radical (unpaired) electrons. The summed E-state index contributed by atoms with van der Waals surface area (Å²) in [6.07, 6.45) is 0.456. The molecule has 0 amide bonds. The number of nitriles is 1. The molecule has 0 spiro atoms. The Morgan fingerprint density at radius 2 is 2.43 bits per heavy atom. The van der Waals surface area contributed by atoms with E-state index in [2.05, 4.69) is 5.10 Å². The van der Waals surface area contributed by atoms with Crippen LogP contribution >= 0.6 is 0 Å². The van der Waals surface area contributed by atoms with Crippen molar-refractivity contribution >= 4 is 0 Å². The minimum absolute atomic E-state index is 0.0609. The number of nitrogens with zero attached hydrogens (tertiary/aromatic N) is 3. The molecule has 74 valence electrons. The molecule has 2 rings (SSSR count). The molecular weight excluding hydrogens is 174 g/mol. The molecule has 1 aliphatic carbocycles. The van der Waals surface area contributed by atoms with E-state index in [0.717, 1.165) is 0 Å². The van der Waals surface area contributed by atoms with E-state index in [0.29, 0.717) is 0 Å². The van der Waals surface area contributed by atoms with Gasteiger partial charge >= 0.3 is 0 Å². The molecule has 1 unspecified atom stereocenters. The average molecular weight is 193 g/mol. The lowest BCUT2D eigenvalue weighted by Crippen LogP contribution is -2.17. The first kappa shape index (κ1) is 5.55. The van der Waals surface area contributed by atoms with Gasteiger partial charge in [0.25, 0.3) is 0 Å². The van der Waals surface area contributed by atoms with Crippen molar-refractivity contribution in [1.82, 2.24) is 9.78 Å². The number of aromatic nitrogens is 2. The van der Waals surface area contributed by atoms with E-state index >= 15 is 0 Å². The Kier molecular flexibility index (Phi) is 1.69. The largest absolute Gasteiger partial charge is 0.268 e. The highest BCUT2D eigenvalue weighted by molar-refractivity contribution is 4.90. The fourth-order valence-corrected chi connectivity index (χ4v) is 1.73. The van der Waals surface area contributed by atoms with Gasteiger partial charge in [-0.3, -0.25) is 4.68 Å². The first-order valence-electron chi connectivity index (χ1n) is 6.74. The van der Waals surface area contributed by atoms with E-state index in [1.807, 2.05) is 6.07 Å². The van der Waals surface area contributed by atoms with Crippen LogP contribution in [0.1, 0.15) is 43.5 Å². The molecule has 1 atom stereocenters. The van der Waals surface area contributed by atoms with Crippen molar-refractivity contribution in [3.8, 4) is 6.07 Å². The summed E-state index contributed by atoms with van der Waals surface area (Å²) < 4.78 is 33.5. The van der Waals surface area contributed by atoms with Crippen molar-refractivity contribution in [2.75, 3.05) is 0 Å². The van der Waals surface area contributed by atoms with E-state index in [4.69, 9.17) is 10.7 Å². The summed E-state index contributed by atoms with van der Waals surface area (Å²) in [4.78, 5) is 0. The fourth-order valence-electron chi connectivity index (χ4n) is 1.73. The van der Waals surface area contributed by atoms with Gasteiger partial charge in [-0.05, 0) is 24.7 Å². The smallest absolute Gasteiger partial charge is 0.0677 e. The lowest BCUT2D eigenvalue weighted by molar-refractivity contribution is 0.315. The van der Waals surface area contributed by atoms with Crippen molar-refractivity contribution in [1.29, 1.82) is 5.26 Å². The Bertz CT molecular complexity index is 433. The molecule has 0 N–H and O–H groups in total. The molecule has 1 aliphatic rings. The van der Waals surface area contributed by atoms with Crippen LogP contribution in [0.15, 0.2) is 18.5 Å². The fraction of sp³-hybridized carbons (Fsp3) is 0.636. The summed E-state index contributed by atoms with van der Waals surface area (Å²) in [5, 5.41) is 12.9. The van der Waals surface area contributed by atoms with Gasteiger partial charge in [0.15, 0.2) is 0 Å². The third-order valence-electron chi connectivity index (χ3n) is 2.40. The number of hydrogen-bond donors (Lipinski definition) is 0. The van der Waals surface area contributed by atoms with E-state index in [1.54, 1.807) is 18.5 Å². The van der Waals surface area contributed by atoms with Crippen LogP contribution in [0, 0.1) is 17.2 Å². The molecular formula is C11H15N3. The van der Waals surface area contributed by atoms with Crippen molar-refractivity contribution in [3.63, 3.8) is 0 Å². The summed E-state index contributed by atoms with van der Waals surface area (Å²) in [5.41, 5.74) is 0. The monoisotopic (exact) mass is 193 g/mol. The molecule has 1 aromatic heterocycles. The van der Waals surface area contributed by atoms with Gasteiger partial charge in [0.05, 0.1) is 18.5 Å². The molecule has 0 aliphatic heterocycles. The van der Waals surface area contributed by atoms with Crippen LogP contribution in [-0.4, -0.2) is 9.78 Å². The molecule has 3 nitrogen and oxygen atoms in total. The summed E-state index contributed by atoms with van der Waals surface area (Å²) >= 11 is 0. The first-order valence-corrected chi connectivity index (χ1v) is 4.74. The van der Waals surface area contributed by atoms with Crippen LogP contribution in [-0.2, 0) is 0 Å². The second-order valence-corrected chi connectivity index (χ2v) is 3.30. The van der Waals surface area contributed by atoms with Gasteiger partial charge in [0.2, 0.25) is 0 Å². The van der Waals surface area contributed by atoms with Gasteiger partial charge in [0.1, 0.15) is 0 Å². The third-order valence-corrected chi connectivity index (χ3v) is 2.40. The van der Waals surface area contributed by atoms with E-state index in [1.165, 1.54) is 4.68 Å². The molecule has 1 fully saturated rings. The maximum Gasteiger partial charge on any atom is 0.0677 e. The Morgan fingerprint density at radius 1 is 1.64 bits per heavy atom. The molecule has 0 aromatic carbocycles. The lowest BCUT2D eigenvalue weighted by atomic mass is 9.96. The summed E-state index contributed by atoms with van der Waals surface area (Å²) in [6.45, 7) is 0. The highest BCUT2D eigenvalue weighted by atomic mass is 15.3. The average Bonchev–Trinajstić information content (AvgIpc) is 2.85. The standard InChI is InChI=1S/C11H15N3/c12-7-6-11(10-4-1-2-5-10)14-9-3-8-13-14/h3,8-11H,1-2,4-6H2/i4D2,5D2. The molecule has 0 saturated heterocycles. The van der Waals surface area contributed by atoms with Crippen LogP contribution in [0.4, 0.5) is 0 Å². The maximum atomic E-state index is 8.90. The summed E-state index contributed by atoms with van der Waals surface area (Å²) in [6, 6.07) is 3.16. The van der Waals surface area contributed by atoms with Gasteiger partial charge in [-0.2, -0.15) is 10.4 Å². The molecule has 3 heteroatoms. The first-order chi connectivity index (χ1) is 8.38. The quantitative estimate of drug-likeness (QED) is 0.740. The van der Waals surface area contributed by atoms with Crippen molar-refractivity contribution < 1.29 is 5.48 Å². The third kappa shape index (κ3) is 1.79. The van der Waals surface area contributed by atoms with Gasteiger partial charge in [-0.15, -0.1) is 0 Å². The lowest BCUT2D eigenvalue weighted by Gasteiger charge is -2.21. The van der Waals surface area contributed by atoms with Crippen LogP contribution in [0.3, 0.4) is 0 Å². The van der Waals surface area contributed by atoms with Crippen LogP contribution in [0.2, 0.25) is 0 Å². The summed E-state index contributed by atoms with van der Waals surface area (Å²) in [7, 11) is 0. The van der Waals surface area contributed by atoms with E-state index < -0.39 is 24.7 Å². The van der Waals surface area contributed by atoms with Gasteiger partial charge in [0, 0.05) is 17.9 Å². The Balaban J connectivity index is 2.39. The van der Waals surface area contributed by atoms with E-state index in [-0.39, 0.29) is 19.3 Å². The topological polar surface area (TPSA) is 41.6 Å². The van der Waals surface area contributed by atoms with Crippen LogP contribution < -0.4 is 0 Å². The van der Waals surface area contributed by atoms with Gasteiger partial charge < -0.3 is 0 Å². The molecule has 14 heavy (non-hydrogen) atoms. The predicted molar refractivity (Wildman–Crippen MR) is 53.5 cm³/mol. The van der Waals surface area contributed by atoms with Crippen LogP contribution in [0.5, 0.6) is 0 Å². The molecule has 1 saturated carbocycles. The summed E-state index contributed by atoms with van der Waals surface area (Å²) in [5.74, 6) is -0.843. The predicted octanol–water partition coefficient (Wildman–Crippen LogP) is 2.53. The Morgan fingerprint density at radius 3 is 3.00 bits per heavy atom. The van der Waals surface area contributed by atoms with Crippen molar-refractivity contribution in [2.24, 2.45) is 5.92 Å². The Labute approximate surface area is 90.0 Å². The second kappa shape index (κ2) is 4.28. The van der Waals surface area contributed by atoms with Gasteiger partial charge in [-0.25, -0.2) is 0 Å². The highest BCUT2D eigenvalue weighted by Gasteiger charge is 2.26. The van der Waals surface area contributed by atoms with Gasteiger partial charge in [-0.1, -0.05) is 12.8 Å². The maximum absolute atomic E-state index is 8.90. The number of rotatable bonds is 3. The second-order valence-electron chi connectivity index (χ2n) is 3.30. The molecule has 1 heterocycles. The SMILES string of the molecule is [2H]C1([2H])CCC([2H])([2H])C1C(CC#N)n1cccn1. The molecule has 0 bridgehead atoms. The zero-order valence-corrected chi connectivity index (χ0v) is 7.85. The highest BCUT2D eigenvalue weighted by Crippen LogP contribution is 2.35. The minimum atomic E-state index is -1.60.